The highest BCUT2D eigenvalue weighted by atomic mass is 35.5. The molecule has 0 aliphatic heterocycles. The molecule has 0 bridgehead atoms. The molecule has 0 radical (unpaired) electrons. The predicted octanol–water partition coefficient (Wildman–Crippen LogP) is 2.51. The number of rotatable bonds is 4. The van der Waals surface area contributed by atoms with E-state index in [2.05, 4.69) is 4.74 Å². The SMILES string of the molecule is COC(=O)C[C@@H](OC(C)=O)c1ccc(Cl)cc1. The van der Waals surface area contributed by atoms with E-state index in [1.165, 1.54) is 14.0 Å². The first-order valence-corrected chi connectivity index (χ1v) is 5.40. The highest BCUT2D eigenvalue weighted by Crippen LogP contribution is 2.23. The average molecular weight is 257 g/mol. The predicted molar refractivity (Wildman–Crippen MR) is 62.6 cm³/mol. The van der Waals surface area contributed by atoms with E-state index >= 15 is 0 Å². The topological polar surface area (TPSA) is 52.6 Å². The molecule has 0 heterocycles. The lowest BCUT2D eigenvalue weighted by Crippen LogP contribution is -2.14. The molecular weight excluding hydrogens is 244 g/mol. The van der Waals surface area contributed by atoms with Gasteiger partial charge in [0.2, 0.25) is 0 Å². The van der Waals surface area contributed by atoms with Gasteiger partial charge < -0.3 is 9.47 Å². The van der Waals surface area contributed by atoms with Crippen LogP contribution < -0.4 is 0 Å². The Morgan fingerprint density at radius 1 is 1.29 bits per heavy atom. The molecule has 92 valence electrons. The fraction of sp³-hybridized carbons (Fsp3) is 0.333. The third kappa shape index (κ3) is 4.44. The Balaban J connectivity index is 2.85. The molecule has 0 saturated carbocycles. The van der Waals surface area contributed by atoms with E-state index in [4.69, 9.17) is 16.3 Å². The summed E-state index contributed by atoms with van der Waals surface area (Å²) in [5.41, 5.74) is 0.704. The Hall–Kier alpha value is -1.55. The van der Waals surface area contributed by atoms with Crippen LogP contribution >= 0.6 is 11.6 Å². The Labute approximate surface area is 104 Å². The fourth-order valence-corrected chi connectivity index (χ4v) is 1.47. The van der Waals surface area contributed by atoms with Crippen LogP contribution in [0.3, 0.4) is 0 Å². The van der Waals surface area contributed by atoms with Gasteiger partial charge in [0.1, 0.15) is 6.10 Å². The van der Waals surface area contributed by atoms with E-state index in [0.717, 1.165) is 0 Å². The minimum Gasteiger partial charge on any atom is -0.469 e. The number of halogens is 1. The van der Waals surface area contributed by atoms with Crippen molar-refractivity contribution in [1.82, 2.24) is 0 Å². The van der Waals surface area contributed by atoms with Gasteiger partial charge in [0.15, 0.2) is 0 Å². The maximum atomic E-state index is 11.2. The standard InChI is InChI=1S/C12H13ClO4/c1-8(14)17-11(7-12(15)16-2)9-3-5-10(13)6-4-9/h3-6,11H,7H2,1-2H3/t11-/m1/s1. The Morgan fingerprint density at radius 3 is 2.35 bits per heavy atom. The zero-order valence-electron chi connectivity index (χ0n) is 9.60. The van der Waals surface area contributed by atoms with Crippen LogP contribution in [0.4, 0.5) is 0 Å². The van der Waals surface area contributed by atoms with Crippen LogP contribution in [-0.4, -0.2) is 19.0 Å². The van der Waals surface area contributed by atoms with Gasteiger partial charge in [-0.15, -0.1) is 0 Å². The number of carbonyl (C=O) groups is 2. The van der Waals surface area contributed by atoms with Crippen molar-refractivity contribution in [3.8, 4) is 0 Å². The van der Waals surface area contributed by atoms with Crippen molar-refractivity contribution in [1.29, 1.82) is 0 Å². The zero-order valence-corrected chi connectivity index (χ0v) is 10.4. The second-order valence-electron chi connectivity index (χ2n) is 3.43. The lowest BCUT2D eigenvalue weighted by molar-refractivity contribution is -0.152. The monoisotopic (exact) mass is 256 g/mol. The number of benzene rings is 1. The smallest absolute Gasteiger partial charge is 0.309 e. The van der Waals surface area contributed by atoms with Crippen molar-refractivity contribution in [2.24, 2.45) is 0 Å². The van der Waals surface area contributed by atoms with Gasteiger partial charge in [-0.2, -0.15) is 0 Å². The molecule has 0 aliphatic rings. The van der Waals surface area contributed by atoms with Crippen molar-refractivity contribution >= 4 is 23.5 Å². The summed E-state index contributed by atoms with van der Waals surface area (Å²) in [6, 6.07) is 6.76. The summed E-state index contributed by atoms with van der Waals surface area (Å²) in [5.74, 6) is -0.889. The van der Waals surface area contributed by atoms with Crippen LogP contribution in [0.15, 0.2) is 24.3 Å². The first-order valence-electron chi connectivity index (χ1n) is 5.02. The highest BCUT2D eigenvalue weighted by molar-refractivity contribution is 6.30. The first-order chi connectivity index (χ1) is 8.02. The Morgan fingerprint density at radius 2 is 1.88 bits per heavy atom. The molecule has 5 heteroatoms. The summed E-state index contributed by atoms with van der Waals surface area (Å²) in [4.78, 5) is 22.2. The van der Waals surface area contributed by atoms with Crippen molar-refractivity contribution in [2.75, 3.05) is 7.11 Å². The molecule has 0 aromatic heterocycles. The minimum absolute atomic E-state index is 0.0162. The molecule has 0 fully saturated rings. The molecule has 0 unspecified atom stereocenters. The van der Waals surface area contributed by atoms with E-state index in [1.54, 1.807) is 24.3 Å². The Kier molecular flexibility index (Phi) is 4.97. The first kappa shape index (κ1) is 13.5. The summed E-state index contributed by atoms with van der Waals surface area (Å²) in [6.07, 6.45) is -0.658. The molecule has 0 amide bonds. The van der Waals surface area contributed by atoms with Gasteiger partial charge in [-0.05, 0) is 17.7 Å². The van der Waals surface area contributed by atoms with E-state index in [0.29, 0.717) is 10.6 Å². The van der Waals surface area contributed by atoms with Crippen molar-refractivity contribution in [3.05, 3.63) is 34.9 Å². The molecule has 0 aliphatic carbocycles. The van der Waals surface area contributed by atoms with Gasteiger partial charge >= 0.3 is 11.9 Å². The van der Waals surface area contributed by atoms with E-state index in [1.807, 2.05) is 0 Å². The van der Waals surface area contributed by atoms with Gasteiger partial charge in [-0.1, -0.05) is 23.7 Å². The molecule has 1 aromatic rings. The number of carbonyl (C=O) groups excluding carboxylic acids is 2. The minimum atomic E-state index is -0.641. The van der Waals surface area contributed by atoms with Crippen molar-refractivity contribution in [3.63, 3.8) is 0 Å². The van der Waals surface area contributed by atoms with Crippen LogP contribution in [0.5, 0.6) is 0 Å². The fourth-order valence-electron chi connectivity index (χ4n) is 1.34. The number of ether oxygens (including phenoxy) is 2. The van der Waals surface area contributed by atoms with Crippen LogP contribution in [0, 0.1) is 0 Å². The van der Waals surface area contributed by atoms with Crippen molar-refractivity contribution < 1.29 is 19.1 Å². The van der Waals surface area contributed by atoms with Gasteiger partial charge in [-0.3, -0.25) is 9.59 Å². The molecule has 4 nitrogen and oxygen atoms in total. The van der Waals surface area contributed by atoms with E-state index in [9.17, 15) is 9.59 Å². The molecule has 1 rings (SSSR count). The quantitative estimate of drug-likeness (QED) is 0.777. The molecule has 0 saturated heterocycles. The third-order valence-corrected chi connectivity index (χ3v) is 2.38. The number of esters is 2. The maximum absolute atomic E-state index is 11.2. The molecule has 1 aromatic carbocycles. The van der Waals surface area contributed by atoms with Crippen LogP contribution in [0.25, 0.3) is 0 Å². The second-order valence-corrected chi connectivity index (χ2v) is 3.87. The van der Waals surface area contributed by atoms with Gasteiger partial charge in [0, 0.05) is 11.9 Å². The van der Waals surface area contributed by atoms with Crippen molar-refractivity contribution in [2.45, 2.75) is 19.4 Å². The van der Waals surface area contributed by atoms with Crippen LogP contribution in [0.2, 0.25) is 5.02 Å². The normalized spacial score (nSPS) is 11.7. The summed E-state index contributed by atoms with van der Waals surface area (Å²) in [6.45, 7) is 1.29. The number of hydrogen-bond acceptors (Lipinski definition) is 4. The summed E-state index contributed by atoms with van der Waals surface area (Å²) < 4.78 is 9.62. The third-order valence-electron chi connectivity index (χ3n) is 2.13. The highest BCUT2D eigenvalue weighted by Gasteiger charge is 2.19. The largest absolute Gasteiger partial charge is 0.469 e. The summed E-state index contributed by atoms with van der Waals surface area (Å²) in [7, 11) is 1.29. The van der Waals surface area contributed by atoms with E-state index in [-0.39, 0.29) is 6.42 Å². The summed E-state index contributed by atoms with van der Waals surface area (Å²) in [5, 5.41) is 0.577. The second kappa shape index (κ2) is 6.25. The van der Waals surface area contributed by atoms with Gasteiger partial charge in [0.25, 0.3) is 0 Å². The number of hydrogen-bond donors (Lipinski definition) is 0. The molecule has 0 N–H and O–H groups in total. The Bertz CT molecular complexity index is 399. The summed E-state index contributed by atoms with van der Waals surface area (Å²) >= 11 is 5.76. The average Bonchev–Trinajstić information content (AvgIpc) is 2.28. The van der Waals surface area contributed by atoms with Crippen LogP contribution in [-0.2, 0) is 19.1 Å². The van der Waals surface area contributed by atoms with Crippen LogP contribution in [0.1, 0.15) is 25.0 Å². The molecule has 17 heavy (non-hydrogen) atoms. The van der Waals surface area contributed by atoms with Gasteiger partial charge in [-0.25, -0.2) is 0 Å². The number of methoxy groups -OCH3 is 1. The lowest BCUT2D eigenvalue weighted by atomic mass is 10.1. The van der Waals surface area contributed by atoms with Gasteiger partial charge in [0.05, 0.1) is 13.5 Å². The molecule has 1 atom stereocenters. The van der Waals surface area contributed by atoms with E-state index < -0.39 is 18.0 Å². The lowest BCUT2D eigenvalue weighted by Gasteiger charge is -2.16. The molecule has 0 spiro atoms. The molecular formula is C12H13ClO4. The zero-order chi connectivity index (χ0) is 12.8. The maximum Gasteiger partial charge on any atom is 0.309 e.